The van der Waals surface area contributed by atoms with E-state index in [1.54, 1.807) is 30.1 Å². The van der Waals surface area contributed by atoms with E-state index in [1.807, 2.05) is 12.1 Å². The average Bonchev–Trinajstić information content (AvgIpc) is 3.46. The molecular weight excluding hydrogens is 482 g/mol. The number of aromatic nitrogens is 1. The van der Waals surface area contributed by atoms with Crippen LogP contribution in [0.25, 0.3) is 0 Å². The summed E-state index contributed by atoms with van der Waals surface area (Å²) in [7, 11) is 0. The maximum Gasteiger partial charge on any atom is 0.226 e. The fourth-order valence-electron chi connectivity index (χ4n) is 3.40. The van der Waals surface area contributed by atoms with E-state index in [-0.39, 0.29) is 23.3 Å². The summed E-state index contributed by atoms with van der Waals surface area (Å²) < 4.78 is 6.97. The molecule has 0 fully saturated rings. The third-order valence-electron chi connectivity index (χ3n) is 5.54. The number of nitrogens with two attached hydrogens (primary N) is 1. The second-order valence-electron chi connectivity index (χ2n) is 9.58. The number of para-hydroxylation sites is 2. The average molecular weight is 518 g/mol. The Hall–Kier alpha value is -2.59. The van der Waals surface area contributed by atoms with Crippen LogP contribution in [0.5, 0.6) is 0 Å². The molecule has 190 valence electrons. The fourth-order valence-corrected chi connectivity index (χ4v) is 5.17. The summed E-state index contributed by atoms with van der Waals surface area (Å²) in [5.74, 6) is 1.36. The Morgan fingerprint density at radius 2 is 1.80 bits per heavy atom. The number of nitrogens with zero attached hydrogens (tertiary/aromatic N) is 2. The van der Waals surface area contributed by atoms with Crippen LogP contribution < -0.4 is 16.4 Å². The van der Waals surface area contributed by atoms with Crippen LogP contribution in [0.1, 0.15) is 59.3 Å². The highest BCUT2D eigenvalue weighted by atomic mass is 32.2. The Morgan fingerprint density at radius 3 is 2.46 bits per heavy atom. The minimum Gasteiger partial charge on any atom is -0.475 e. The summed E-state index contributed by atoms with van der Waals surface area (Å²) >= 11 is 3.08. The van der Waals surface area contributed by atoms with Crippen LogP contribution in [-0.4, -0.2) is 41.1 Å². The molecule has 4 N–H and O–H groups in total. The summed E-state index contributed by atoms with van der Waals surface area (Å²) in [5, 5.41) is 6.32. The number of unbranched alkanes of at least 4 members (excludes halogenated alkanes) is 3. The molecule has 35 heavy (non-hydrogen) atoms. The first-order valence-electron chi connectivity index (χ1n) is 11.9. The molecule has 0 radical (unpaired) electrons. The van der Waals surface area contributed by atoms with E-state index >= 15 is 0 Å². The Balaban J connectivity index is 1.25. The molecule has 1 aliphatic heterocycles. The fraction of sp³-hybridized carbons (Fsp3) is 0.520. The van der Waals surface area contributed by atoms with E-state index < -0.39 is 0 Å². The third-order valence-corrected chi connectivity index (χ3v) is 7.63. The number of benzene rings is 1. The zero-order valence-corrected chi connectivity index (χ0v) is 22.3. The van der Waals surface area contributed by atoms with Gasteiger partial charge in [-0.3, -0.25) is 14.6 Å². The number of ether oxygens (including phenoxy) is 1. The van der Waals surface area contributed by atoms with Crippen molar-refractivity contribution in [1.29, 1.82) is 0 Å². The van der Waals surface area contributed by atoms with Gasteiger partial charge in [0.15, 0.2) is 11.0 Å². The molecule has 0 bridgehead atoms. The van der Waals surface area contributed by atoms with Gasteiger partial charge < -0.3 is 21.1 Å². The molecule has 0 saturated heterocycles. The monoisotopic (exact) mass is 517 g/mol. The number of amides is 2. The molecule has 8 nitrogen and oxygen atoms in total. The van der Waals surface area contributed by atoms with Crippen LogP contribution in [0.15, 0.2) is 39.7 Å². The lowest BCUT2D eigenvalue weighted by Gasteiger charge is -2.25. The van der Waals surface area contributed by atoms with Crippen LogP contribution in [0.2, 0.25) is 0 Å². The highest BCUT2D eigenvalue weighted by Crippen LogP contribution is 2.31. The summed E-state index contributed by atoms with van der Waals surface area (Å²) in [6, 6.07) is 7.22. The zero-order valence-electron chi connectivity index (χ0n) is 20.6. The quantitative estimate of drug-likeness (QED) is 0.192. The zero-order chi connectivity index (χ0) is 25.3. The summed E-state index contributed by atoms with van der Waals surface area (Å²) in [6.45, 7) is 7.18. The van der Waals surface area contributed by atoms with E-state index in [0.717, 1.165) is 35.8 Å². The number of carbonyl (C=O) groups is 2. The number of thioether (sulfide) groups is 1. The minimum absolute atomic E-state index is 0.0373. The molecule has 1 unspecified atom stereocenters. The van der Waals surface area contributed by atoms with Gasteiger partial charge in [0.05, 0.1) is 34.1 Å². The van der Waals surface area contributed by atoms with Crippen LogP contribution in [0, 0.1) is 5.41 Å². The molecule has 10 heteroatoms. The predicted molar refractivity (Wildman–Crippen MR) is 145 cm³/mol. The molecular formula is C25H35N5O3S2. The predicted octanol–water partition coefficient (Wildman–Crippen LogP) is 5.58. The van der Waals surface area contributed by atoms with Crippen LogP contribution in [0.4, 0.5) is 16.5 Å². The van der Waals surface area contributed by atoms with Crippen molar-refractivity contribution in [2.45, 2.75) is 69.6 Å². The van der Waals surface area contributed by atoms with Crippen molar-refractivity contribution in [2.24, 2.45) is 10.4 Å². The molecule has 2 aromatic rings. The first kappa shape index (κ1) is 27.0. The van der Waals surface area contributed by atoms with Crippen molar-refractivity contribution in [3.63, 3.8) is 0 Å². The lowest BCUT2D eigenvalue weighted by molar-refractivity contribution is -0.117. The van der Waals surface area contributed by atoms with Crippen LogP contribution >= 0.6 is 23.1 Å². The van der Waals surface area contributed by atoms with Gasteiger partial charge >= 0.3 is 0 Å². The number of carbonyl (C=O) groups excluding carboxylic acids is 2. The van der Waals surface area contributed by atoms with Gasteiger partial charge in [-0.2, -0.15) is 0 Å². The lowest BCUT2D eigenvalue weighted by Crippen LogP contribution is -2.29. The van der Waals surface area contributed by atoms with Crippen molar-refractivity contribution in [3.8, 4) is 0 Å². The number of hydrogen-bond donors (Lipinski definition) is 3. The molecule has 0 saturated carbocycles. The number of thiazole rings is 1. The van der Waals surface area contributed by atoms with Gasteiger partial charge in [0, 0.05) is 18.3 Å². The number of nitrogen functional groups attached to an aromatic ring is 1. The topological polar surface area (TPSA) is 119 Å². The largest absolute Gasteiger partial charge is 0.475 e. The van der Waals surface area contributed by atoms with Gasteiger partial charge in [-0.15, -0.1) is 11.8 Å². The molecule has 1 aromatic carbocycles. The minimum atomic E-state index is -0.0429. The van der Waals surface area contributed by atoms with Gasteiger partial charge in [-0.1, -0.05) is 57.1 Å². The SMILES string of the molecule is CC(C)(C)C1CN=C(CSc2cnc(NC(=O)CCCCCCC(=O)Nc3ccccc3N)s2)O1. The summed E-state index contributed by atoms with van der Waals surface area (Å²) in [6.07, 6.45) is 6.12. The van der Waals surface area contributed by atoms with Crippen molar-refractivity contribution in [1.82, 2.24) is 4.98 Å². The number of rotatable bonds is 12. The Kier molecular flexibility index (Phi) is 9.97. The molecule has 0 aliphatic carbocycles. The van der Waals surface area contributed by atoms with Crippen molar-refractivity contribution < 1.29 is 14.3 Å². The molecule has 0 spiro atoms. The third kappa shape index (κ3) is 9.18. The van der Waals surface area contributed by atoms with Crippen molar-refractivity contribution in [2.75, 3.05) is 28.7 Å². The first-order valence-corrected chi connectivity index (χ1v) is 13.7. The first-order chi connectivity index (χ1) is 16.7. The molecule has 3 rings (SSSR count). The van der Waals surface area contributed by atoms with Crippen LogP contribution in [-0.2, 0) is 14.3 Å². The standard InChI is InChI=1S/C25H35N5O3S2/c1-25(2,3)19-14-27-22(33-19)16-34-23-15-28-24(35-23)30-21(32)13-7-5-4-6-12-20(31)29-18-11-9-8-10-17(18)26/h8-11,15,19H,4-7,12-14,16,26H2,1-3H3,(H,29,31)(H,28,30,32). The Morgan fingerprint density at radius 1 is 1.11 bits per heavy atom. The van der Waals surface area contributed by atoms with Gasteiger partial charge in [0.1, 0.15) is 6.10 Å². The summed E-state index contributed by atoms with van der Waals surface area (Å²) in [4.78, 5) is 33.1. The maximum atomic E-state index is 12.2. The van der Waals surface area contributed by atoms with Gasteiger partial charge in [0.25, 0.3) is 0 Å². The van der Waals surface area contributed by atoms with Gasteiger partial charge in [0.2, 0.25) is 11.8 Å². The highest BCUT2D eigenvalue weighted by Gasteiger charge is 2.31. The maximum absolute atomic E-state index is 12.2. The highest BCUT2D eigenvalue weighted by molar-refractivity contribution is 8.01. The van der Waals surface area contributed by atoms with E-state index in [2.05, 4.69) is 41.4 Å². The van der Waals surface area contributed by atoms with Crippen molar-refractivity contribution in [3.05, 3.63) is 30.5 Å². The molecule has 1 aliphatic rings. The molecule has 1 atom stereocenters. The Bertz CT molecular complexity index is 1030. The van der Waals surface area contributed by atoms with Gasteiger partial charge in [-0.05, 0) is 25.0 Å². The van der Waals surface area contributed by atoms with E-state index in [4.69, 9.17) is 10.5 Å². The van der Waals surface area contributed by atoms with Crippen molar-refractivity contribution >= 4 is 57.3 Å². The normalized spacial score (nSPS) is 15.4. The van der Waals surface area contributed by atoms with Crippen LogP contribution in [0.3, 0.4) is 0 Å². The Labute approximate surface area is 215 Å². The lowest BCUT2D eigenvalue weighted by atomic mass is 9.89. The number of anilines is 3. The summed E-state index contributed by atoms with van der Waals surface area (Å²) in [5.41, 5.74) is 7.12. The molecule has 2 amide bonds. The molecule has 1 aromatic heterocycles. The molecule has 2 heterocycles. The van der Waals surface area contributed by atoms with E-state index in [1.165, 1.54) is 11.3 Å². The smallest absolute Gasteiger partial charge is 0.226 e. The number of nitrogens with one attached hydrogen (secondary N) is 2. The second kappa shape index (κ2) is 12.9. The van der Waals surface area contributed by atoms with E-state index in [0.29, 0.717) is 41.6 Å². The number of aliphatic imine (C=N–C) groups is 1. The number of hydrogen-bond acceptors (Lipinski definition) is 8. The van der Waals surface area contributed by atoms with E-state index in [9.17, 15) is 9.59 Å². The van der Waals surface area contributed by atoms with Gasteiger partial charge in [-0.25, -0.2) is 4.98 Å². The second-order valence-corrected chi connectivity index (χ2v) is 11.9.